The van der Waals surface area contributed by atoms with Gasteiger partial charge in [0.2, 0.25) is 10.0 Å². The first-order valence-corrected chi connectivity index (χ1v) is 11.5. The molecular formula is C21H28N4O2S. The van der Waals surface area contributed by atoms with Gasteiger partial charge in [-0.3, -0.25) is 4.90 Å². The minimum Gasteiger partial charge on any atom is -0.354 e. The summed E-state index contributed by atoms with van der Waals surface area (Å²) in [4.78, 5) is 9.46. The van der Waals surface area contributed by atoms with Gasteiger partial charge in [0.15, 0.2) is 0 Å². The van der Waals surface area contributed by atoms with Crippen LogP contribution in [-0.4, -0.2) is 61.9 Å². The van der Waals surface area contributed by atoms with Crippen molar-refractivity contribution in [2.24, 2.45) is 0 Å². The van der Waals surface area contributed by atoms with Gasteiger partial charge < -0.3 is 4.90 Å². The van der Waals surface area contributed by atoms with E-state index in [0.29, 0.717) is 18.0 Å². The highest BCUT2D eigenvalue weighted by atomic mass is 32.2. The van der Waals surface area contributed by atoms with Crippen molar-refractivity contribution in [2.45, 2.75) is 30.7 Å². The molecule has 4 rings (SSSR count). The van der Waals surface area contributed by atoms with E-state index in [2.05, 4.69) is 39.0 Å². The van der Waals surface area contributed by atoms with Gasteiger partial charge in [0, 0.05) is 52.0 Å². The minimum atomic E-state index is -3.41. The standard InChI is InChI=1S/C21H28N4O2S/c26-28(27,25-11-5-2-6-12-25)20-9-10-21(22-17-20)24-15-13-23(14-16-24)18-19-7-3-1-4-8-19/h1,3-4,7-10,17H,2,5-6,11-16,18H2. The van der Waals surface area contributed by atoms with Crippen LogP contribution < -0.4 is 4.90 Å². The summed E-state index contributed by atoms with van der Waals surface area (Å²) in [7, 11) is -3.41. The number of piperidine rings is 1. The Morgan fingerprint density at radius 1 is 0.821 bits per heavy atom. The Balaban J connectivity index is 1.36. The summed E-state index contributed by atoms with van der Waals surface area (Å²) < 4.78 is 27.1. The highest BCUT2D eigenvalue weighted by molar-refractivity contribution is 7.89. The minimum absolute atomic E-state index is 0.306. The van der Waals surface area contributed by atoms with E-state index in [1.165, 1.54) is 11.8 Å². The van der Waals surface area contributed by atoms with Crippen molar-refractivity contribution in [3.8, 4) is 0 Å². The number of benzene rings is 1. The molecule has 150 valence electrons. The first-order valence-electron chi connectivity index (χ1n) is 10.1. The first-order chi connectivity index (χ1) is 13.6. The van der Waals surface area contributed by atoms with Crippen LogP contribution in [-0.2, 0) is 16.6 Å². The number of nitrogens with zero attached hydrogens (tertiary/aromatic N) is 4. The Labute approximate surface area is 167 Å². The fourth-order valence-electron chi connectivity index (χ4n) is 3.94. The van der Waals surface area contributed by atoms with Crippen LogP contribution in [0.15, 0.2) is 53.6 Å². The second-order valence-electron chi connectivity index (χ2n) is 7.57. The molecule has 0 unspecified atom stereocenters. The van der Waals surface area contributed by atoms with E-state index in [9.17, 15) is 8.42 Å². The number of piperazine rings is 1. The smallest absolute Gasteiger partial charge is 0.244 e. The molecule has 0 spiro atoms. The van der Waals surface area contributed by atoms with Crippen LogP contribution >= 0.6 is 0 Å². The molecule has 2 aromatic rings. The van der Waals surface area contributed by atoms with E-state index in [4.69, 9.17) is 0 Å². The molecule has 2 fully saturated rings. The molecule has 1 aromatic carbocycles. The molecule has 28 heavy (non-hydrogen) atoms. The molecule has 2 aliphatic heterocycles. The molecule has 6 nitrogen and oxygen atoms in total. The predicted octanol–water partition coefficient (Wildman–Crippen LogP) is 2.58. The molecule has 7 heteroatoms. The van der Waals surface area contributed by atoms with Crippen molar-refractivity contribution in [1.82, 2.24) is 14.2 Å². The van der Waals surface area contributed by atoms with Gasteiger partial charge in [0.25, 0.3) is 0 Å². The number of aromatic nitrogens is 1. The summed E-state index contributed by atoms with van der Waals surface area (Å²) in [6, 6.07) is 14.1. The van der Waals surface area contributed by atoms with Crippen molar-refractivity contribution in [3.63, 3.8) is 0 Å². The van der Waals surface area contributed by atoms with Gasteiger partial charge >= 0.3 is 0 Å². The topological polar surface area (TPSA) is 56.8 Å². The van der Waals surface area contributed by atoms with E-state index in [-0.39, 0.29) is 0 Å². The average molecular weight is 401 g/mol. The second-order valence-corrected chi connectivity index (χ2v) is 9.50. The van der Waals surface area contributed by atoms with Gasteiger partial charge in [-0.15, -0.1) is 0 Å². The Bertz CT molecular complexity index is 857. The van der Waals surface area contributed by atoms with Crippen LogP contribution in [0.1, 0.15) is 24.8 Å². The molecular weight excluding hydrogens is 372 g/mol. The Kier molecular flexibility index (Phi) is 5.94. The summed E-state index contributed by atoms with van der Waals surface area (Å²) >= 11 is 0. The normalized spacial score (nSPS) is 19.6. The Morgan fingerprint density at radius 3 is 2.18 bits per heavy atom. The van der Waals surface area contributed by atoms with Crippen molar-refractivity contribution in [3.05, 3.63) is 54.2 Å². The lowest BCUT2D eigenvalue weighted by molar-refractivity contribution is 0.249. The highest BCUT2D eigenvalue weighted by Crippen LogP contribution is 2.22. The summed E-state index contributed by atoms with van der Waals surface area (Å²) in [5.74, 6) is 0.858. The molecule has 0 N–H and O–H groups in total. The number of anilines is 1. The maximum atomic E-state index is 12.8. The molecule has 0 aliphatic carbocycles. The Hall–Kier alpha value is -1.96. The Morgan fingerprint density at radius 2 is 1.54 bits per heavy atom. The fourth-order valence-corrected chi connectivity index (χ4v) is 5.41. The van der Waals surface area contributed by atoms with Gasteiger partial charge in [-0.25, -0.2) is 13.4 Å². The first kappa shape index (κ1) is 19.4. The van der Waals surface area contributed by atoms with Crippen LogP contribution in [0.3, 0.4) is 0 Å². The number of pyridine rings is 1. The molecule has 2 saturated heterocycles. The van der Waals surface area contributed by atoms with E-state index in [1.807, 2.05) is 12.1 Å². The van der Waals surface area contributed by atoms with Gasteiger partial charge in [-0.1, -0.05) is 36.8 Å². The number of hydrogen-bond acceptors (Lipinski definition) is 5. The van der Waals surface area contributed by atoms with E-state index < -0.39 is 10.0 Å². The molecule has 0 amide bonds. The van der Waals surface area contributed by atoms with E-state index in [0.717, 1.165) is 57.8 Å². The van der Waals surface area contributed by atoms with Crippen molar-refractivity contribution < 1.29 is 8.42 Å². The zero-order chi connectivity index (χ0) is 19.4. The van der Waals surface area contributed by atoms with Gasteiger partial charge in [0.05, 0.1) is 0 Å². The summed E-state index contributed by atoms with van der Waals surface area (Å²) in [5.41, 5.74) is 1.33. The zero-order valence-corrected chi connectivity index (χ0v) is 17.0. The SMILES string of the molecule is O=S(=O)(c1ccc(N2CCN(Cc3ccccc3)CC2)nc1)N1CCCCC1. The molecule has 3 heterocycles. The third-order valence-electron chi connectivity index (χ3n) is 5.62. The lowest BCUT2D eigenvalue weighted by Crippen LogP contribution is -2.46. The second kappa shape index (κ2) is 8.59. The van der Waals surface area contributed by atoms with Gasteiger partial charge in [-0.05, 0) is 30.5 Å². The maximum Gasteiger partial charge on any atom is 0.244 e. The van der Waals surface area contributed by atoms with Crippen LogP contribution in [0.4, 0.5) is 5.82 Å². The molecule has 0 saturated carbocycles. The van der Waals surface area contributed by atoms with Crippen LogP contribution in [0.25, 0.3) is 0 Å². The molecule has 0 atom stereocenters. The van der Waals surface area contributed by atoms with Gasteiger partial charge in [-0.2, -0.15) is 4.31 Å². The third kappa shape index (κ3) is 4.37. The molecule has 2 aliphatic rings. The monoisotopic (exact) mass is 400 g/mol. The third-order valence-corrected chi connectivity index (χ3v) is 7.50. The average Bonchev–Trinajstić information content (AvgIpc) is 2.76. The predicted molar refractivity (Wildman–Crippen MR) is 111 cm³/mol. The number of sulfonamides is 1. The molecule has 1 aromatic heterocycles. The van der Waals surface area contributed by atoms with E-state index >= 15 is 0 Å². The van der Waals surface area contributed by atoms with Crippen molar-refractivity contribution >= 4 is 15.8 Å². The summed E-state index contributed by atoms with van der Waals surface area (Å²) in [6.07, 6.45) is 4.52. The number of rotatable bonds is 5. The summed E-state index contributed by atoms with van der Waals surface area (Å²) in [6.45, 7) is 5.96. The van der Waals surface area contributed by atoms with Crippen LogP contribution in [0, 0.1) is 0 Å². The van der Waals surface area contributed by atoms with E-state index in [1.54, 1.807) is 10.4 Å². The van der Waals surface area contributed by atoms with Crippen molar-refractivity contribution in [1.29, 1.82) is 0 Å². The van der Waals surface area contributed by atoms with Crippen LogP contribution in [0.5, 0.6) is 0 Å². The number of hydrogen-bond donors (Lipinski definition) is 0. The maximum absolute atomic E-state index is 12.8. The van der Waals surface area contributed by atoms with Crippen molar-refractivity contribution in [2.75, 3.05) is 44.2 Å². The van der Waals surface area contributed by atoms with Crippen LogP contribution in [0.2, 0.25) is 0 Å². The quantitative estimate of drug-likeness (QED) is 0.772. The lowest BCUT2D eigenvalue weighted by Gasteiger charge is -2.35. The lowest BCUT2D eigenvalue weighted by atomic mass is 10.2. The largest absolute Gasteiger partial charge is 0.354 e. The summed E-state index contributed by atoms with van der Waals surface area (Å²) in [5, 5.41) is 0. The zero-order valence-electron chi connectivity index (χ0n) is 16.2. The fraction of sp³-hybridized carbons (Fsp3) is 0.476. The molecule has 0 radical (unpaired) electrons. The van der Waals surface area contributed by atoms with Gasteiger partial charge in [0.1, 0.15) is 10.7 Å². The highest BCUT2D eigenvalue weighted by Gasteiger charge is 2.26. The molecule has 0 bridgehead atoms.